The van der Waals surface area contributed by atoms with Crippen LogP contribution >= 0.6 is 11.6 Å². The Morgan fingerprint density at radius 3 is 2.32 bits per heavy atom. The van der Waals surface area contributed by atoms with Crippen molar-refractivity contribution < 1.29 is 14.3 Å². The predicted octanol–water partition coefficient (Wildman–Crippen LogP) is 4.66. The summed E-state index contributed by atoms with van der Waals surface area (Å²) in [6, 6.07) is 12.7. The Kier molecular flexibility index (Phi) is 5.49. The van der Waals surface area contributed by atoms with Crippen molar-refractivity contribution in [2.24, 2.45) is 0 Å². The number of amides is 1. The third-order valence-corrected chi connectivity index (χ3v) is 3.14. The average molecular weight is 321 g/mol. The molecule has 0 atom stereocenters. The summed E-state index contributed by atoms with van der Waals surface area (Å²) < 4.78 is 9.93. The minimum atomic E-state index is -0.467. The maximum atomic E-state index is 11.3. The van der Waals surface area contributed by atoms with Crippen molar-refractivity contribution in [1.82, 2.24) is 0 Å². The highest BCUT2D eigenvalue weighted by molar-refractivity contribution is 6.32. The van der Waals surface area contributed by atoms with Crippen LogP contribution in [-0.4, -0.2) is 19.8 Å². The number of methoxy groups -OCH3 is 1. The van der Waals surface area contributed by atoms with Gasteiger partial charge in [-0.1, -0.05) is 11.6 Å². The summed E-state index contributed by atoms with van der Waals surface area (Å²) in [5.41, 5.74) is 2.38. The number of nitrogens with one attached hydrogen (secondary N) is 2. The van der Waals surface area contributed by atoms with Crippen LogP contribution in [0.4, 0.5) is 21.9 Å². The van der Waals surface area contributed by atoms with Crippen LogP contribution in [0.3, 0.4) is 0 Å². The van der Waals surface area contributed by atoms with Gasteiger partial charge in [-0.15, -0.1) is 0 Å². The molecular formula is C16H17ClN2O3. The summed E-state index contributed by atoms with van der Waals surface area (Å²) >= 11 is 6.08. The molecule has 0 saturated carbocycles. The molecule has 1 amide bonds. The first-order chi connectivity index (χ1) is 10.6. The SMILES string of the molecule is CCOC(=O)Nc1ccc(Nc2ccc(OC)c(Cl)c2)cc1. The van der Waals surface area contributed by atoms with Gasteiger partial charge in [0.05, 0.1) is 18.7 Å². The zero-order valence-electron chi connectivity index (χ0n) is 12.4. The van der Waals surface area contributed by atoms with E-state index in [0.29, 0.717) is 23.1 Å². The monoisotopic (exact) mass is 320 g/mol. The molecule has 2 N–H and O–H groups in total. The Balaban J connectivity index is 2.02. The zero-order chi connectivity index (χ0) is 15.9. The van der Waals surface area contributed by atoms with Gasteiger partial charge in [0.25, 0.3) is 0 Å². The van der Waals surface area contributed by atoms with Crippen molar-refractivity contribution in [3.63, 3.8) is 0 Å². The molecule has 2 rings (SSSR count). The van der Waals surface area contributed by atoms with Crippen LogP contribution < -0.4 is 15.4 Å². The second-order valence-electron chi connectivity index (χ2n) is 4.40. The molecule has 5 nitrogen and oxygen atoms in total. The third-order valence-electron chi connectivity index (χ3n) is 2.85. The number of hydrogen-bond acceptors (Lipinski definition) is 4. The molecule has 0 saturated heterocycles. The summed E-state index contributed by atoms with van der Waals surface area (Å²) in [6.45, 7) is 2.09. The van der Waals surface area contributed by atoms with Crippen molar-refractivity contribution in [2.45, 2.75) is 6.92 Å². The highest BCUT2D eigenvalue weighted by atomic mass is 35.5. The summed E-state index contributed by atoms with van der Waals surface area (Å²) in [7, 11) is 1.57. The maximum absolute atomic E-state index is 11.3. The topological polar surface area (TPSA) is 59.6 Å². The number of benzene rings is 2. The molecule has 0 spiro atoms. The minimum absolute atomic E-state index is 0.337. The van der Waals surface area contributed by atoms with Gasteiger partial charge in [-0.05, 0) is 49.4 Å². The Morgan fingerprint density at radius 1 is 1.09 bits per heavy atom. The van der Waals surface area contributed by atoms with Crippen molar-refractivity contribution in [2.75, 3.05) is 24.4 Å². The first-order valence-electron chi connectivity index (χ1n) is 6.76. The fourth-order valence-corrected chi connectivity index (χ4v) is 2.09. The first kappa shape index (κ1) is 16.0. The molecule has 0 radical (unpaired) electrons. The fourth-order valence-electron chi connectivity index (χ4n) is 1.83. The fraction of sp³-hybridized carbons (Fsp3) is 0.188. The number of halogens is 1. The van der Waals surface area contributed by atoms with E-state index in [0.717, 1.165) is 11.4 Å². The molecule has 0 aromatic heterocycles. The van der Waals surface area contributed by atoms with Gasteiger partial charge < -0.3 is 14.8 Å². The molecular weight excluding hydrogens is 304 g/mol. The smallest absolute Gasteiger partial charge is 0.411 e. The molecule has 2 aromatic rings. The molecule has 0 aliphatic carbocycles. The quantitative estimate of drug-likeness (QED) is 0.841. The number of rotatable bonds is 5. The lowest BCUT2D eigenvalue weighted by Crippen LogP contribution is -2.13. The van der Waals surface area contributed by atoms with E-state index in [9.17, 15) is 4.79 Å². The van der Waals surface area contributed by atoms with Crippen LogP contribution in [0.15, 0.2) is 42.5 Å². The van der Waals surface area contributed by atoms with Gasteiger partial charge in [-0.3, -0.25) is 5.32 Å². The Bertz CT molecular complexity index is 644. The van der Waals surface area contributed by atoms with Gasteiger partial charge in [0.1, 0.15) is 5.75 Å². The van der Waals surface area contributed by atoms with Crippen molar-refractivity contribution in [3.8, 4) is 5.75 Å². The van der Waals surface area contributed by atoms with Crippen LogP contribution in [0.1, 0.15) is 6.92 Å². The minimum Gasteiger partial charge on any atom is -0.495 e. The van der Waals surface area contributed by atoms with Gasteiger partial charge in [0.2, 0.25) is 0 Å². The molecule has 0 unspecified atom stereocenters. The van der Waals surface area contributed by atoms with Crippen LogP contribution in [0.25, 0.3) is 0 Å². The third kappa shape index (κ3) is 4.30. The van der Waals surface area contributed by atoms with Gasteiger partial charge in [-0.2, -0.15) is 0 Å². The van der Waals surface area contributed by atoms with E-state index < -0.39 is 6.09 Å². The lowest BCUT2D eigenvalue weighted by Gasteiger charge is -2.10. The highest BCUT2D eigenvalue weighted by Crippen LogP contribution is 2.29. The lowest BCUT2D eigenvalue weighted by atomic mass is 10.2. The maximum Gasteiger partial charge on any atom is 0.411 e. The van der Waals surface area contributed by atoms with E-state index in [1.807, 2.05) is 18.2 Å². The number of ether oxygens (including phenoxy) is 2. The standard InChI is InChI=1S/C16H17ClN2O3/c1-3-22-16(20)19-12-6-4-11(5-7-12)18-13-8-9-15(21-2)14(17)10-13/h4-10,18H,3H2,1-2H3,(H,19,20). The first-order valence-corrected chi connectivity index (χ1v) is 7.14. The summed E-state index contributed by atoms with van der Waals surface area (Å²) in [5.74, 6) is 0.626. The second-order valence-corrected chi connectivity index (χ2v) is 4.80. The molecule has 6 heteroatoms. The van der Waals surface area contributed by atoms with E-state index in [1.165, 1.54) is 0 Å². The van der Waals surface area contributed by atoms with E-state index in [4.69, 9.17) is 21.1 Å². The van der Waals surface area contributed by atoms with Crippen molar-refractivity contribution in [1.29, 1.82) is 0 Å². The predicted molar refractivity (Wildman–Crippen MR) is 88.4 cm³/mol. The largest absolute Gasteiger partial charge is 0.495 e. The van der Waals surface area contributed by atoms with E-state index >= 15 is 0 Å². The van der Waals surface area contributed by atoms with E-state index in [1.54, 1.807) is 38.3 Å². The molecule has 0 bridgehead atoms. The normalized spacial score (nSPS) is 9.95. The Labute approximate surface area is 134 Å². The number of carbonyl (C=O) groups excluding carboxylic acids is 1. The van der Waals surface area contributed by atoms with Crippen LogP contribution in [0, 0.1) is 0 Å². The van der Waals surface area contributed by atoms with Crippen molar-refractivity contribution in [3.05, 3.63) is 47.5 Å². The average Bonchev–Trinajstić information content (AvgIpc) is 2.50. The zero-order valence-corrected chi connectivity index (χ0v) is 13.1. The Hall–Kier alpha value is -2.40. The van der Waals surface area contributed by atoms with Crippen LogP contribution in [-0.2, 0) is 4.74 Å². The number of carbonyl (C=O) groups is 1. The lowest BCUT2D eigenvalue weighted by molar-refractivity contribution is 0.168. The summed E-state index contributed by atoms with van der Waals surface area (Å²) in [4.78, 5) is 11.3. The van der Waals surface area contributed by atoms with Gasteiger partial charge in [0, 0.05) is 17.1 Å². The molecule has 0 aliphatic heterocycles. The van der Waals surface area contributed by atoms with E-state index in [2.05, 4.69) is 10.6 Å². The van der Waals surface area contributed by atoms with Crippen LogP contribution in [0.2, 0.25) is 5.02 Å². The molecule has 0 aliphatic rings. The second kappa shape index (κ2) is 7.56. The molecule has 22 heavy (non-hydrogen) atoms. The molecule has 116 valence electrons. The van der Waals surface area contributed by atoms with Crippen LogP contribution in [0.5, 0.6) is 5.75 Å². The molecule has 2 aromatic carbocycles. The number of hydrogen-bond donors (Lipinski definition) is 2. The summed E-state index contributed by atoms with van der Waals surface area (Å²) in [5, 5.41) is 6.38. The number of anilines is 3. The molecule has 0 heterocycles. The van der Waals surface area contributed by atoms with E-state index in [-0.39, 0.29) is 0 Å². The molecule has 0 fully saturated rings. The highest BCUT2D eigenvalue weighted by Gasteiger charge is 2.04. The van der Waals surface area contributed by atoms with Gasteiger partial charge >= 0.3 is 6.09 Å². The van der Waals surface area contributed by atoms with Gasteiger partial charge in [-0.25, -0.2) is 4.79 Å². The Morgan fingerprint density at radius 2 is 1.73 bits per heavy atom. The summed E-state index contributed by atoms with van der Waals surface area (Å²) in [6.07, 6.45) is -0.467. The van der Waals surface area contributed by atoms with Crippen molar-refractivity contribution >= 4 is 34.8 Å². The van der Waals surface area contributed by atoms with Gasteiger partial charge in [0.15, 0.2) is 0 Å².